The molecule has 0 rings (SSSR count). The maximum absolute atomic E-state index is 10.8. The lowest BCUT2D eigenvalue weighted by atomic mass is 10.2. The lowest BCUT2D eigenvalue weighted by molar-refractivity contribution is -0.119. The van der Waals surface area contributed by atoms with Crippen molar-refractivity contribution in [3.63, 3.8) is 0 Å². The number of ketones is 1. The van der Waals surface area contributed by atoms with Gasteiger partial charge in [-0.25, -0.2) is 0 Å². The van der Waals surface area contributed by atoms with Gasteiger partial charge >= 0.3 is 0 Å². The smallest absolute Gasteiger partial charge is 0.146 e. The molecule has 0 bridgehead atoms. The predicted molar refractivity (Wildman–Crippen MR) is 38.5 cm³/mol. The zero-order valence-electron chi connectivity index (χ0n) is 6.48. The lowest BCUT2D eigenvalue weighted by Gasteiger charge is -2.06. The second-order valence-corrected chi connectivity index (χ2v) is 2.53. The molecule has 0 radical (unpaired) electrons. The third-order valence-corrected chi connectivity index (χ3v) is 1.02. The Morgan fingerprint density at radius 1 is 1.44 bits per heavy atom. The van der Waals surface area contributed by atoms with E-state index in [0.717, 1.165) is 12.8 Å². The lowest BCUT2D eigenvalue weighted by Crippen LogP contribution is -2.21. The van der Waals surface area contributed by atoms with E-state index in [-0.39, 0.29) is 0 Å². The minimum Gasteiger partial charge on any atom is -0.302 e. The molecule has 0 aromatic carbocycles. The molecule has 0 atom stereocenters. The summed E-state index contributed by atoms with van der Waals surface area (Å²) < 4.78 is 0. The highest BCUT2D eigenvalue weighted by Gasteiger charge is 1.99. The van der Waals surface area contributed by atoms with E-state index in [0.29, 0.717) is 12.3 Å². The van der Waals surface area contributed by atoms with Crippen molar-refractivity contribution in [2.45, 2.75) is 19.8 Å². The van der Waals surface area contributed by atoms with Crippen molar-refractivity contribution >= 4 is 5.78 Å². The Bertz CT molecular complexity index is 88.9. The van der Waals surface area contributed by atoms with Crippen LogP contribution in [0.15, 0.2) is 0 Å². The van der Waals surface area contributed by atoms with Crippen molar-refractivity contribution < 1.29 is 4.79 Å². The fourth-order valence-corrected chi connectivity index (χ4v) is 0.711. The maximum Gasteiger partial charge on any atom is 0.146 e. The van der Waals surface area contributed by atoms with Crippen LogP contribution in [0, 0.1) is 0 Å². The van der Waals surface area contributed by atoms with Crippen LogP contribution in [-0.2, 0) is 4.79 Å². The highest BCUT2D eigenvalue weighted by Crippen LogP contribution is 1.89. The summed E-state index contributed by atoms with van der Waals surface area (Å²) in [4.78, 5) is 12.7. The number of Topliss-reactive ketones (excluding diaryl/α,β-unsaturated/α-hetero) is 1. The summed E-state index contributed by atoms with van der Waals surface area (Å²) in [5, 5.41) is 0. The summed E-state index contributed by atoms with van der Waals surface area (Å²) in [6.45, 7) is 2.61. The monoisotopic (exact) mass is 129 g/mol. The summed E-state index contributed by atoms with van der Waals surface area (Å²) in [5.74, 6) is 0.336. The first-order valence-corrected chi connectivity index (χ1v) is 3.33. The van der Waals surface area contributed by atoms with Gasteiger partial charge in [0.15, 0.2) is 0 Å². The van der Waals surface area contributed by atoms with Crippen LogP contribution in [0.1, 0.15) is 19.8 Å². The first-order valence-electron chi connectivity index (χ1n) is 3.33. The van der Waals surface area contributed by atoms with E-state index < -0.39 is 0 Å². The Kier molecular flexibility index (Phi) is 4.32. The summed E-state index contributed by atoms with van der Waals surface area (Å²) in [6.07, 6.45) is 1.69. The molecule has 0 saturated carbocycles. The first-order chi connectivity index (χ1) is 4.16. The van der Waals surface area contributed by atoms with Crippen molar-refractivity contribution in [1.82, 2.24) is 4.90 Å². The number of hydrogen-bond donors (Lipinski definition) is 0. The molecule has 9 heavy (non-hydrogen) atoms. The van der Waals surface area contributed by atoms with Crippen LogP contribution in [0.5, 0.6) is 0 Å². The molecule has 54 valence electrons. The van der Waals surface area contributed by atoms with Gasteiger partial charge in [0, 0.05) is 6.42 Å². The van der Waals surface area contributed by atoms with Crippen LogP contribution in [0.2, 0.25) is 0 Å². The van der Waals surface area contributed by atoms with E-state index in [2.05, 4.69) is 0 Å². The number of hydrogen-bond acceptors (Lipinski definition) is 2. The highest BCUT2D eigenvalue weighted by atomic mass is 16.1. The molecule has 0 fully saturated rings. The molecule has 0 heterocycles. The second-order valence-electron chi connectivity index (χ2n) is 2.53. The van der Waals surface area contributed by atoms with Crippen LogP contribution in [-0.4, -0.2) is 31.3 Å². The molecule has 0 aliphatic carbocycles. The normalized spacial score (nSPS) is 10.2. The molecule has 0 saturated heterocycles. The van der Waals surface area contributed by atoms with Gasteiger partial charge in [-0.15, -0.1) is 0 Å². The SMILES string of the molecule is CCCC(=O)CN(C)C. The summed E-state index contributed by atoms with van der Waals surface area (Å²) >= 11 is 0. The van der Waals surface area contributed by atoms with Crippen LogP contribution in [0.3, 0.4) is 0 Å². The summed E-state index contributed by atoms with van der Waals surface area (Å²) in [7, 11) is 3.82. The van der Waals surface area contributed by atoms with Crippen LogP contribution < -0.4 is 0 Å². The molecule has 0 unspecified atom stereocenters. The molecule has 0 amide bonds. The summed E-state index contributed by atoms with van der Waals surface area (Å²) in [6, 6.07) is 0. The quantitative estimate of drug-likeness (QED) is 0.562. The molecule has 0 N–H and O–H groups in total. The van der Waals surface area contributed by atoms with E-state index in [1.807, 2.05) is 25.9 Å². The van der Waals surface area contributed by atoms with Crippen molar-refractivity contribution in [3.05, 3.63) is 0 Å². The molecule has 2 nitrogen and oxygen atoms in total. The molecule has 0 spiro atoms. The average molecular weight is 129 g/mol. The van der Waals surface area contributed by atoms with Crippen LogP contribution in [0.4, 0.5) is 0 Å². The standard InChI is InChI=1S/C7H15NO/c1-4-5-7(9)6-8(2)3/h4-6H2,1-3H3. The van der Waals surface area contributed by atoms with E-state index in [1.54, 1.807) is 0 Å². The zero-order valence-corrected chi connectivity index (χ0v) is 6.48. The summed E-state index contributed by atoms with van der Waals surface area (Å²) in [5.41, 5.74) is 0. The van der Waals surface area contributed by atoms with Crippen LogP contribution in [0.25, 0.3) is 0 Å². The van der Waals surface area contributed by atoms with Crippen molar-refractivity contribution in [2.75, 3.05) is 20.6 Å². The largest absolute Gasteiger partial charge is 0.302 e. The highest BCUT2D eigenvalue weighted by molar-refractivity contribution is 5.80. The number of likely N-dealkylation sites (N-methyl/N-ethyl adjacent to an activating group) is 1. The molecule has 0 aromatic heterocycles. The Morgan fingerprint density at radius 2 is 2.00 bits per heavy atom. The number of carbonyl (C=O) groups is 1. The van der Waals surface area contributed by atoms with Gasteiger partial charge in [-0.05, 0) is 20.5 Å². The second kappa shape index (κ2) is 4.50. The first kappa shape index (κ1) is 8.63. The van der Waals surface area contributed by atoms with Gasteiger partial charge in [0.05, 0.1) is 6.54 Å². The fraction of sp³-hybridized carbons (Fsp3) is 0.857. The van der Waals surface area contributed by atoms with Gasteiger partial charge in [0.1, 0.15) is 5.78 Å². The third-order valence-electron chi connectivity index (χ3n) is 1.02. The van der Waals surface area contributed by atoms with E-state index >= 15 is 0 Å². The van der Waals surface area contributed by atoms with Gasteiger partial charge < -0.3 is 4.90 Å². The molecule has 0 aromatic rings. The van der Waals surface area contributed by atoms with Crippen molar-refractivity contribution in [3.8, 4) is 0 Å². The minimum absolute atomic E-state index is 0.336. The number of carbonyl (C=O) groups excluding carboxylic acids is 1. The van der Waals surface area contributed by atoms with Gasteiger partial charge in [-0.3, -0.25) is 4.79 Å². The van der Waals surface area contributed by atoms with E-state index in [9.17, 15) is 4.79 Å². The van der Waals surface area contributed by atoms with Gasteiger partial charge in [0.2, 0.25) is 0 Å². The predicted octanol–water partition coefficient (Wildman–Crippen LogP) is 0.917. The van der Waals surface area contributed by atoms with Crippen molar-refractivity contribution in [1.29, 1.82) is 0 Å². The topological polar surface area (TPSA) is 20.3 Å². The Labute approximate surface area is 56.9 Å². The molecule has 0 aliphatic heterocycles. The molecule has 2 heteroatoms. The third kappa shape index (κ3) is 5.50. The van der Waals surface area contributed by atoms with Gasteiger partial charge in [-0.1, -0.05) is 6.92 Å². The fourth-order valence-electron chi connectivity index (χ4n) is 0.711. The zero-order chi connectivity index (χ0) is 7.28. The van der Waals surface area contributed by atoms with Gasteiger partial charge in [-0.2, -0.15) is 0 Å². The minimum atomic E-state index is 0.336. The van der Waals surface area contributed by atoms with E-state index in [4.69, 9.17) is 0 Å². The van der Waals surface area contributed by atoms with Gasteiger partial charge in [0.25, 0.3) is 0 Å². The Balaban J connectivity index is 3.27. The number of nitrogens with zero attached hydrogens (tertiary/aromatic N) is 1. The molecular formula is C7H15NO. The van der Waals surface area contributed by atoms with Crippen LogP contribution >= 0.6 is 0 Å². The molecule has 0 aliphatic rings. The Hall–Kier alpha value is -0.370. The maximum atomic E-state index is 10.8. The molecular weight excluding hydrogens is 114 g/mol. The van der Waals surface area contributed by atoms with Crippen molar-refractivity contribution in [2.24, 2.45) is 0 Å². The Morgan fingerprint density at radius 3 is 2.33 bits per heavy atom. The number of rotatable bonds is 4. The van der Waals surface area contributed by atoms with E-state index in [1.165, 1.54) is 0 Å². The average Bonchev–Trinajstić information content (AvgIpc) is 1.63.